The van der Waals surface area contributed by atoms with Gasteiger partial charge in [-0.3, -0.25) is 0 Å². The normalized spacial score (nSPS) is 11.7. The van der Waals surface area contributed by atoms with E-state index in [9.17, 15) is 10.2 Å². The molecule has 2 aromatic rings. The first-order valence-electron chi connectivity index (χ1n) is 6.47. The van der Waals surface area contributed by atoms with Crippen LogP contribution in [0.2, 0.25) is 0 Å². The first-order valence-corrected chi connectivity index (χ1v) is 7.35. The molecule has 1 aromatic carbocycles. The zero-order valence-corrected chi connectivity index (χ0v) is 12.5. The van der Waals surface area contributed by atoms with E-state index < -0.39 is 0 Å². The fourth-order valence-corrected chi connectivity index (χ4v) is 3.07. The largest absolute Gasteiger partial charge is 0.500 e. The Bertz CT molecular complexity index is 609. The molecule has 0 fully saturated rings. The first-order chi connectivity index (χ1) is 8.90. The van der Waals surface area contributed by atoms with Crippen LogP contribution in [0.1, 0.15) is 33.7 Å². The minimum absolute atomic E-state index is 0.0760. The van der Waals surface area contributed by atoms with Gasteiger partial charge in [0.2, 0.25) is 11.3 Å². The van der Waals surface area contributed by atoms with Gasteiger partial charge in [-0.25, -0.2) is 0 Å². The highest BCUT2D eigenvalue weighted by Gasteiger charge is 2.23. The molecule has 0 atom stereocenters. The highest BCUT2D eigenvalue weighted by molar-refractivity contribution is 7.99. The predicted molar refractivity (Wildman–Crippen MR) is 78.9 cm³/mol. The van der Waals surface area contributed by atoms with Crippen molar-refractivity contribution in [2.75, 3.05) is 0 Å². The fourth-order valence-electron chi connectivity index (χ4n) is 2.19. The van der Waals surface area contributed by atoms with Gasteiger partial charge in [0.05, 0.1) is 5.39 Å². The maximum absolute atomic E-state index is 9.99. The Hall–Kier alpha value is -1.42. The highest BCUT2D eigenvalue weighted by atomic mass is 32.2. The Kier molecular flexibility index (Phi) is 3.90. The van der Waals surface area contributed by atoms with E-state index in [1.807, 2.05) is 19.9 Å². The maximum atomic E-state index is 9.99. The molecule has 0 bridgehead atoms. The van der Waals surface area contributed by atoms with Crippen LogP contribution in [0.4, 0.5) is 0 Å². The summed E-state index contributed by atoms with van der Waals surface area (Å²) in [6.45, 7) is 8.26. The molecule has 1 heterocycles. The zero-order chi connectivity index (χ0) is 14.2. The van der Waals surface area contributed by atoms with E-state index in [4.69, 9.17) is 0 Å². The summed E-state index contributed by atoms with van der Waals surface area (Å²) in [5, 5.41) is 21.3. The molecular weight excluding hydrogens is 258 g/mol. The summed E-state index contributed by atoms with van der Waals surface area (Å²) in [5.41, 5.74) is 0.929. The SMILES string of the molecule is CC(C)Sc1ccc2c(c1)cc(O)c(O)[n+]2C(C)C. The number of nitrogens with zero attached hydrogens (tertiary/aromatic N) is 1. The molecule has 3 nitrogen and oxygen atoms in total. The summed E-state index contributed by atoms with van der Waals surface area (Å²) in [4.78, 5) is 1.17. The van der Waals surface area contributed by atoms with Crippen molar-refractivity contribution in [3.63, 3.8) is 0 Å². The third-order valence-corrected chi connectivity index (χ3v) is 3.89. The molecule has 0 saturated carbocycles. The molecule has 2 rings (SSSR count). The maximum Gasteiger partial charge on any atom is 0.409 e. The molecule has 0 aliphatic heterocycles. The van der Waals surface area contributed by atoms with Gasteiger partial charge >= 0.3 is 5.88 Å². The number of thioether (sulfide) groups is 1. The van der Waals surface area contributed by atoms with E-state index in [-0.39, 0.29) is 17.7 Å². The number of hydrogen-bond donors (Lipinski definition) is 2. The Morgan fingerprint density at radius 1 is 1.05 bits per heavy atom. The Labute approximate surface area is 117 Å². The second-order valence-corrected chi connectivity index (χ2v) is 6.85. The Morgan fingerprint density at radius 2 is 1.74 bits per heavy atom. The van der Waals surface area contributed by atoms with E-state index in [1.54, 1.807) is 22.4 Å². The smallest absolute Gasteiger partial charge is 0.409 e. The van der Waals surface area contributed by atoms with Crippen LogP contribution in [0.25, 0.3) is 10.9 Å². The quantitative estimate of drug-likeness (QED) is 0.666. The molecule has 4 heteroatoms. The van der Waals surface area contributed by atoms with Crippen molar-refractivity contribution in [1.82, 2.24) is 0 Å². The van der Waals surface area contributed by atoms with Gasteiger partial charge in [-0.2, -0.15) is 4.57 Å². The number of pyridine rings is 1. The molecule has 102 valence electrons. The van der Waals surface area contributed by atoms with Crippen molar-refractivity contribution < 1.29 is 14.8 Å². The molecule has 0 saturated heterocycles. The molecule has 19 heavy (non-hydrogen) atoms. The lowest BCUT2D eigenvalue weighted by atomic mass is 10.2. The summed E-state index contributed by atoms with van der Waals surface area (Å²) in [6.07, 6.45) is 0. The minimum atomic E-state index is -0.0771. The summed E-state index contributed by atoms with van der Waals surface area (Å²) in [6, 6.07) is 7.81. The van der Waals surface area contributed by atoms with E-state index in [1.165, 1.54) is 4.90 Å². The Morgan fingerprint density at radius 3 is 2.32 bits per heavy atom. The van der Waals surface area contributed by atoms with Gasteiger partial charge < -0.3 is 10.2 Å². The average molecular weight is 278 g/mol. The lowest BCUT2D eigenvalue weighted by Gasteiger charge is -2.09. The van der Waals surface area contributed by atoms with E-state index in [0.717, 1.165) is 10.9 Å². The van der Waals surface area contributed by atoms with Crippen LogP contribution < -0.4 is 4.57 Å². The first kappa shape index (κ1) is 14.0. The monoisotopic (exact) mass is 278 g/mol. The van der Waals surface area contributed by atoms with Gasteiger partial charge in [0.1, 0.15) is 0 Å². The number of hydrogen-bond acceptors (Lipinski definition) is 3. The van der Waals surface area contributed by atoms with Gasteiger partial charge in [0.15, 0.2) is 6.04 Å². The molecule has 0 unspecified atom stereocenters. The van der Waals surface area contributed by atoms with Crippen LogP contribution in [0.5, 0.6) is 11.6 Å². The number of fused-ring (bicyclic) bond motifs is 1. The van der Waals surface area contributed by atoms with Crippen LogP contribution in [0.15, 0.2) is 29.2 Å². The third-order valence-electron chi connectivity index (χ3n) is 2.90. The van der Waals surface area contributed by atoms with Gasteiger partial charge in [-0.15, -0.1) is 11.8 Å². The zero-order valence-electron chi connectivity index (χ0n) is 11.7. The molecule has 0 spiro atoms. The van der Waals surface area contributed by atoms with Crippen molar-refractivity contribution in [1.29, 1.82) is 0 Å². The number of benzene rings is 1. The fraction of sp³-hybridized carbons (Fsp3) is 0.400. The number of rotatable bonds is 3. The lowest BCUT2D eigenvalue weighted by Crippen LogP contribution is -2.37. The van der Waals surface area contributed by atoms with Crippen molar-refractivity contribution in [2.45, 2.75) is 43.9 Å². The van der Waals surface area contributed by atoms with Crippen molar-refractivity contribution in [3.05, 3.63) is 24.3 Å². The second kappa shape index (κ2) is 5.29. The summed E-state index contributed by atoms with van der Waals surface area (Å²) in [7, 11) is 0. The average Bonchev–Trinajstić information content (AvgIpc) is 2.29. The topological polar surface area (TPSA) is 44.3 Å². The molecule has 0 amide bonds. The van der Waals surface area contributed by atoms with Crippen LogP contribution in [-0.4, -0.2) is 15.5 Å². The standard InChI is InChI=1S/C15H19NO2S/c1-9(2)16-13-6-5-12(19-10(3)4)7-11(13)8-14(17)15(16)18/h5-10,17H,1-4H3/p+1. The van der Waals surface area contributed by atoms with Crippen molar-refractivity contribution in [3.8, 4) is 11.6 Å². The minimum Gasteiger partial charge on any atom is -0.500 e. The van der Waals surface area contributed by atoms with Gasteiger partial charge in [0, 0.05) is 22.3 Å². The van der Waals surface area contributed by atoms with Crippen LogP contribution >= 0.6 is 11.8 Å². The van der Waals surface area contributed by atoms with Gasteiger partial charge in [0.25, 0.3) is 0 Å². The number of aromatic hydroxyl groups is 2. The second-order valence-electron chi connectivity index (χ2n) is 5.20. The summed E-state index contributed by atoms with van der Waals surface area (Å²) in [5.74, 6) is -0.153. The molecule has 0 aliphatic rings. The number of aromatic nitrogens is 1. The highest BCUT2D eigenvalue weighted by Crippen LogP contribution is 2.30. The Balaban J connectivity index is 2.65. The third kappa shape index (κ3) is 2.78. The van der Waals surface area contributed by atoms with Crippen LogP contribution in [0, 0.1) is 0 Å². The summed E-state index contributed by atoms with van der Waals surface area (Å²) >= 11 is 1.78. The molecule has 0 aliphatic carbocycles. The molecular formula is C15H20NO2S+. The van der Waals surface area contributed by atoms with Crippen LogP contribution in [0.3, 0.4) is 0 Å². The molecule has 0 radical (unpaired) electrons. The predicted octanol–water partition coefficient (Wildman–Crippen LogP) is 3.62. The molecule has 1 aromatic heterocycles. The van der Waals surface area contributed by atoms with E-state index in [0.29, 0.717) is 5.25 Å². The van der Waals surface area contributed by atoms with Gasteiger partial charge in [-0.1, -0.05) is 13.8 Å². The van der Waals surface area contributed by atoms with E-state index in [2.05, 4.69) is 26.0 Å². The van der Waals surface area contributed by atoms with Gasteiger partial charge in [-0.05, 0) is 26.0 Å². The van der Waals surface area contributed by atoms with E-state index >= 15 is 0 Å². The lowest BCUT2D eigenvalue weighted by molar-refractivity contribution is -0.697. The van der Waals surface area contributed by atoms with Crippen molar-refractivity contribution >= 4 is 22.7 Å². The van der Waals surface area contributed by atoms with Crippen LogP contribution in [-0.2, 0) is 0 Å². The van der Waals surface area contributed by atoms with Crippen molar-refractivity contribution in [2.24, 2.45) is 0 Å². The molecule has 2 N–H and O–H groups in total. The summed E-state index contributed by atoms with van der Waals surface area (Å²) < 4.78 is 1.74.